The van der Waals surface area contributed by atoms with Crippen LogP contribution in [0.2, 0.25) is 0 Å². The van der Waals surface area contributed by atoms with Gasteiger partial charge < -0.3 is 10.2 Å². The Bertz CT molecular complexity index is 170. The molecule has 0 aromatic carbocycles. The maximum absolute atomic E-state index is 11.6. The molecule has 1 aliphatic heterocycles. The van der Waals surface area contributed by atoms with Gasteiger partial charge in [0.15, 0.2) is 0 Å². The average Bonchev–Trinajstić information content (AvgIpc) is 2.25. The summed E-state index contributed by atoms with van der Waals surface area (Å²) in [5, 5.41) is 3.25. The van der Waals surface area contributed by atoms with Gasteiger partial charge in [-0.1, -0.05) is 13.3 Å². The van der Waals surface area contributed by atoms with E-state index in [0.29, 0.717) is 11.7 Å². The second kappa shape index (κ2) is 7.12. The molecule has 0 unspecified atom stereocenters. The molecule has 1 heterocycles. The number of rotatable bonds is 5. The molecule has 1 aliphatic rings. The van der Waals surface area contributed by atoms with Crippen LogP contribution in [0.15, 0.2) is 0 Å². The van der Waals surface area contributed by atoms with Crippen molar-refractivity contribution in [3.05, 3.63) is 0 Å². The van der Waals surface area contributed by atoms with E-state index < -0.39 is 0 Å². The largest absolute Gasteiger partial charge is 0.339 e. The van der Waals surface area contributed by atoms with Crippen molar-refractivity contribution < 1.29 is 4.79 Å². The minimum Gasteiger partial charge on any atom is -0.339 e. The molecule has 14 heavy (non-hydrogen) atoms. The molecule has 0 bridgehead atoms. The Balaban J connectivity index is 2.07. The molecule has 0 aromatic heterocycles. The number of nitrogens with zero attached hydrogens (tertiary/aromatic N) is 1. The first-order valence-electron chi connectivity index (χ1n) is 5.41. The fourth-order valence-corrected chi connectivity index (χ4v) is 2.41. The van der Waals surface area contributed by atoms with Gasteiger partial charge in [0.1, 0.15) is 0 Å². The van der Waals surface area contributed by atoms with Crippen LogP contribution in [0.3, 0.4) is 0 Å². The number of hydrogen-bond donors (Lipinski definition) is 1. The van der Waals surface area contributed by atoms with Crippen molar-refractivity contribution in [2.45, 2.75) is 19.8 Å². The van der Waals surface area contributed by atoms with Gasteiger partial charge in [0.25, 0.3) is 0 Å². The predicted octanol–water partition coefficient (Wildman–Crippen LogP) is 0.952. The molecule has 82 valence electrons. The molecule has 0 aromatic rings. The zero-order chi connectivity index (χ0) is 10.2. The quantitative estimate of drug-likeness (QED) is 0.695. The number of carbonyl (C=O) groups is 1. The van der Waals surface area contributed by atoms with E-state index in [-0.39, 0.29) is 0 Å². The van der Waals surface area contributed by atoms with E-state index in [4.69, 9.17) is 0 Å². The molecule has 1 saturated heterocycles. The van der Waals surface area contributed by atoms with E-state index in [1.54, 1.807) is 11.8 Å². The minimum atomic E-state index is 0.313. The smallest absolute Gasteiger partial charge is 0.232 e. The maximum Gasteiger partial charge on any atom is 0.232 e. The SMILES string of the molecule is CCCCSCC(=O)N1CCNCC1. The Hall–Kier alpha value is -0.220. The van der Waals surface area contributed by atoms with Crippen LogP contribution in [-0.2, 0) is 4.79 Å². The summed E-state index contributed by atoms with van der Waals surface area (Å²) in [6.45, 7) is 5.84. The van der Waals surface area contributed by atoms with Crippen LogP contribution < -0.4 is 5.32 Å². The van der Waals surface area contributed by atoms with Crippen LogP contribution in [0.25, 0.3) is 0 Å². The van der Waals surface area contributed by atoms with Gasteiger partial charge in [0, 0.05) is 26.2 Å². The Morgan fingerprint density at radius 3 is 2.79 bits per heavy atom. The molecule has 0 aliphatic carbocycles. The van der Waals surface area contributed by atoms with E-state index in [9.17, 15) is 4.79 Å². The van der Waals surface area contributed by atoms with Gasteiger partial charge in [-0.25, -0.2) is 0 Å². The fraction of sp³-hybridized carbons (Fsp3) is 0.900. The van der Waals surface area contributed by atoms with Crippen molar-refractivity contribution in [3.63, 3.8) is 0 Å². The second-order valence-corrected chi connectivity index (χ2v) is 4.64. The number of unbranched alkanes of at least 4 members (excludes halogenated alkanes) is 1. The lowest BCUT2D eigenvalue weighted by Gasteiger charge is -2.27. The van der Waals surface area contributed by atoms with Crippen LogP contribution in [0.4, 0.5) is 0 Å². The first-order valence-corrected chi connectivity index (χ1v) is 6.56. The summed E-state index contributed by atoms with van der Waals surface area (Å²) in [6, 6.07) is 0. The van der Waals surface area contributed by atoms with Gasteiger partial charge in [-0.15, -0.1) is 0 Å². The summed E-state index contributed by atoms with van der Waals surface area (Å²) in [4.78, 5) is 13.6. The Kier molecular flexibility index (Phi) is 6.03. The molecule has 3 nitrogen and oxygen atoms in total. The number of thioether (sulfide) groups is 1. The highest BCUT2D eigenvalue weighted by atomic mass is 32.2. The molecule has 0 atom stereocenters. The zero-order valence-electron chi connectivity index (χ0n) is 8.92. The number of piperazine rings is 1. The summed E-state index contributed by atoms with van der Waals surface area (Å²) < 4.78 is 0. The molecule has 0 radical (unpaired) electrons. The molecule has 1 rings (SSSR count). The molecule has 0 saturated carbocycles. The number of hydrogen-bond acceptors (Lipinski definition) is 3. The molecule has 4 heteroatoms. The van der Waals surface area contributed by atoms with Gasteiger partial charge in [-0.3, -0.25) is 4.79 Å². The lowest BCUT2D eigenvalue weighted by Crippen LogP contribution is -2.47. The average molecular weight is 216 g/mol. The summed E-state index contributed by atoms with van der Waals surface area (Å²) in [6.07, 6.45) is 2.44. The van der Waals surface area contributed by atoms with Gasteiger partial charge in [0.2, 0.25) is 5.91 Å². The monoisotopic (exact) mass is 216 g/mol. The van der Waals surface area contributed by atoms with Crippen molar-refractivity contribution in [2.24, 2.45) is 0 Å². The van der Waals surface area contributed by atoms with Gasteiger partial charge in [0.05, 0.1) is 5.75 Å². The molecule has 0 spiro atoms. The van der Waals surface area contributed by atoms with Crippen molar-refractivity contribution in [2.75, 3.05) is 37.7 Å². The number of carbonyl (C=O) groups excluding carboxylic acids is 1. The van der Waals surface area contributed by atoms with Crippen molar-refractivity contribution in [1.82, 2.24) is 10.2 Å². The van der Waals surface area contributed by atoms with Crippen LogP contribution in [0.1, 0.15) is 19.8 Å². The third-order valence-electron chi connectivity index (χ3n) is 2.34. The van der Waals surface area contributed by atoms with E-state index >= 15 is 0 Å². The van der Waals surface area contributed by atoms with Crippen LogP contribution in [0.5, 0.6) is 0 Å². The molecular weight excluding hydrogens is 196 g/mol. The van der Waals surface area contributed by atoms with Crippen molar-refractivity contribution >= 4 is 17.7 Å². The predicted molar refractivity (Wildman–Crippen MR) is 61.7 cm³/mol. The van der Waals surface area contributed by atoms with Crippen LogP contribution >= 0.6 is 11.8 Å². The van der Waals surface area contributed by atoms with E-state index in [0.717, 1.165) is 31.9 Å². The zero-order valence-corrected chi connectivity index (χ0v) is 9.74. The highest BCUT2D eigenvalue weighted by molar-refractivity contribution is 7.99. The van der Waals surface area contributed by atoms with Gasteiger partial charge in [-0.05, 0) is 12.2 Å². The lowest BCUT2D eigenvalue weighted by molar-refractivity contribution is -0.128. The van der Waals surface area contributed by atoms with Gasteiger partial charge >= 0.3 is 0 Å². The van der Waals surface area contributed by atoms with Gasteiger partial charge in [-0.2, -0.15) is 11.8 Å². The maximum atomic E-state index is 11.6. The minimum absolute atomic E-state index is 0.313. The highest BCUT2D eigenvalue weighted by Crippen LogP contribution is 2.06. The van der Waals surface area contributed by atoms with E-state index in [1.807, 2.05) is 4.90 Å². The van der Waals surface area contributed by atoms with Crippen LogP contribution in [0, 0.1) is 0 Å². The van der Waals surface area contributed by atoms with Crippen LogP contribution in [-0.4, -0.2) is 48.5 Å². The van der Waals surface area contributed by atoms with Crippen molar-refractivity contribution in [1.29, 1.82) is 0 Å². The fourth-order valence-electron chi connectivity index (χ4n) is 1.41. The first kappa shape index (κ1) is 11.9. The molecule has 1 N–H and O–H groups in total. The summed E-state index contributed by atoms with van der Waals surface area (Å²) in [7, 11) is 0. The first-order chi connectivity index (χ1) is 6.84. The third-order valence-corrected chi connectivity index (χ3v) is 3.37. The molecule has 1 amide bonds. The normalized spacial score (nSPS) is 17.1. The van der Waals surface area contributed by atoms with Crippen molar-refractivity contribution in [3.8, 4) is 0 Å². The highest BCUT2D eigenvalue weighted by Gasteiger charge is 2.15. The van der Waals surface area contributed by atoms with E-state index in [2.05, 4.69) is 12.2 Å². The number of nitrogens with one attached hydrogen (secondary N) is 1. The Morgan fingerprint density at radius 1 is 1.43 bits per heavy atom. The third kappa shape index (κ3) is 4.33. The number of amides is 1. The summed E-state index contributed by atoms with van der Waals surface area (Å²) in [5.41, 5.74) is 0. The molecule has 1 fully saturated rings. The summed E-state index contributed by atoms with van der Waals surface area (Å²) >= 11 is 1.77. The van der Waals surface area contributed by atoms with E-state index in [1.165, 1.54) is 12.8 Å². The summed E-state index contributed by atoms with van der Waals surface area (Å²) in [5.74, 6) is 2.10. The topological polar surface area (TPSA) is 32.3 Å². The lowest BCUT2D eigenvalue weighted by atomic mass is 10.3. The Morgan fingerprint density at radius 2 is 2.14 bits per heavy atom. The standard InChI is InChI=1S/C10H20N2OS/c1-2-3-8-14-9-10(13)12-6-4-11-5-7-12/h11H,2-9H2,1H3. The second-order valence-electron chi connectivity index (χ2n) is 3.54. The molecular formula is C10H20N2OS. The Labute approximate surface area is 90.6 Å².